The molecule has 0 N–H and O–H groups in total. The zero-order chi connectivity index (χ0) is 11.3. The van der Waals surface area contributed by atoms with Crippen molar-refractivity contribution in [3.63, 3.8) is 0 Å². The van der Waals surface area contributed by atoms with Crippen LogP contribution in [0.2, 0.25) is 0 Å². The number of rotatable bonds is 5. The normalized spacial score (nSPS) is 14.3. The minimum atomic E-state index is -3.21. The van der Waals surface area contributed by atoms with E-state index < -0.39 is 7.60 Å². The van der Waals surface area contributed by atoms with E-state index in [1.165, 1.54) is 0 Å². The first-order valence-corrected chi connectivity index (χ1v) is 6.28. The molecule has 0 spiro atoms. The highest BCUT2D eigenvalue weighted by Gasteiger charge is 2.26. The fourth-order valence-corrected chi connectivity index (χ4v) is 2.17. The van der Waals surface area contributed by atoms with Crippen molar-refractivity contribution in [1.82, 2.24) is 0 Å². The molecule has 82 valence electrons. The van der Waals surface area contributed by atoms with Crippen molar-refractivity contribution in [2.75, 3.05) is 6.61 Å². The monoisotopic (exact) mass is 226 g/mol. The number of benzene rings is 1. The van der Waals surface area contributed by atoms with E-state index in [0.717, 1.165) is 0 Å². The first-order valence-electron chi connectivity index (χ1n) is 4.74. The molecule has 1 aromatic carbocycles. The number of allylic oxidation sites excluding steroid dienone is 1. The van der Waals surface area contributed by atoms with Gasteiger partial charge in [-0.15, -0.1) is 0 Å². The maximum absolute atomic E-state index is 12.1. The molecular weight excluding hydrogens is 211 g/mol. The van der Waals surface area contributed by atoms with Crippen LogP contribution in [0.25, 0.3) is 0 Å². The molecule has 1 unspecified atom stereocenters. The third-order valence-electron chi connectivity index (χ3n) is 1.74. The largest absolute Gasteiger partial charge is 0.421 e. The molecule has 0 aromatic heterocycles. The van der Waals surface area contributed by atoms with E-state index >= 15 is 0 Å². The van der Waals surface area contributed by atoms with Crippen molar-refractivity contribution in [3.05, 3.63) is 42.2 Å². The van der Waals surface area contributed by atoms with Crippen LogP contribution in [0.3, 0.4) is 0 Å². The SMILES string of the molecule is C=C(C)P(=O)(OCC)Oc1ccccc1. The molecule has 0 radical (unpaired) electrons. The number of para-hydroxylation sites is 1. The molecule has 15 heavy (non-hydrogen) atoms. The maximum atomic E-state index is 12.1. The van der Waals surface area contributed by atoms with Crippen molar-refractivity contribution in [1.29, 1.82) is 0 Å². The molecule has 0 amide bonds. The van der Waals surface area contributed by atoms with Gasteiger partial charge >= 0.3 is 7.60 Å². The van der Waals surface area contributed by atoms with Crippen LogP contribution in [-0.4, -0.2) is 6.61 Å². The lowest BCUT2D eigenvalue weighted by Crippen LogP contribution is -1.98. The molecule has 1 atom stereocenters. The average molecular weight is 226 g/mol. The molecule has 0 saturated carbocycles. The lowest BCUT2D eigenvalue weighted by Gasteiger charge is -2.18. The lowest BCUT2D eigenvalue weighted by molar-refractivity contribution is 0.285. The molecule has 3 nitrogen and oxygen atoms in total. The summed E-state index contributed by atoms with van der Waals surface area (Å²) in [6.45, 7) is 7.37. The Morgan fingerprint density at radius 2 is 2.00 bits per heavy atom. The molecule has 0 aliphatic heterocycles. The maximum Gasteiger partial charge on any atom is 0.405 e. The second-order valence-electron chi connectivity index (χ2n) is 3.05. The van der Waals surface area contributed by atoms with Crippen LogP contribution >= 0.6 is 7.60 Å². The van der Waals surface area contributed by atoms with Gasteiger partial charge in [0.1, 0.15) is 5.75 Å². The second-order valence-corrected chi connectivity index (χ2v) is 5.25. The van der Waals surface area contributed by atoms with E-state index in [9.17, 15) is 4.57 Å². The fourth-order valence-electron chi connectivity index (χ4n) is 1.00. The van der Waals surface area contributed by atoms with Gasteiger partial charge in [-0.05, 0) is 26.0 Å². The van der Waals surface area contributed by atoms with Crippen LogP contribution in [0.15, 0.2) is 42.2 Å². The fraction of sp³-hybridized carbons (Fsp3) is 0.273. The summed E-state index contributed by atoms with van der Waals surface area (Å²) in [5.41, 5.74) is 0. The summed E-state index contributed by atoms with van der Waals surface area (Å²) in [6.07, 6.45) is 0. The summed E-state index contributed by atoms with van der Waals surface area (Å²) >= 11 is 0. The Labute approximate surface area is 90.3 Å². The van der Waals surface area contributed by atoms with Crippen molar-refractivity contribution >= 4 is 7.60 Å². The Balaban J connectivity index is 2.85. The predicted molar refractivity (Wildman–Crippen MR) is 61.1 cm³/mol. The number of hydrogen-bond donors (Lipinski definition) is 0. The van der Waals surface area contributed by atoms with E-state index in [1.54, 1.807) is 26.0 Å². The Bertz CT molecular complexity index is 373. The van der Waals surface area contributed by atoms with Crippen molar-refractivity contribution in [2.24, 2.45) is 0 Å². The first-order chi connectivity index (χ1) is 7.08. The molecular formula is C11H15O3P. The molecule has 0 aliphatic rings. The quantitative estimate of drug-likeness (QED) is 0.716. The molecule has 0 fully saturated rings. The molecule has 0 bridgehead atoms. The van der Waals surface area contributed by atoms with Gasteiger partial charge in [0.2, 0.25) is 0 Å². The zero-order valence-corrected chi connectivity index (χ0v) is 9.87. The van der Waals surface area contributed by atoms with Gasteiger partial charge in [0, 0.05) is 5.31 Å². The molecule has 0 aliphatic carbocycles. The standard InChI is InChI=1S/C11H15O3P/c1-4-13-15(12,10(2)3)14-11-8-6-5-7-9-11/h5-9H,2,4H2,1,3H3. The molecule has 1 aromatic rings. The highest BCUT2D eigenvalue weighted by molar-refractivity contribution is 7.58. The van der Waals surface area contributed by atoms with Gasteiger partial charge in [0.25, 0.3) is 0 Å². The van der Waals surface area contributed by atoms with E-state index in [4.69, 9.17) is 9.05 Å². The highest BCUT2D eigenvalue weighted by atomic mass is 31.2. The van der Waals surface area contributed by atoms with Crippen LogP contribution in [0, 0.1) is 0 Å². The number of hydrogen-bond acceptors (Lipinski definition) is 3. The third kappa shape index (κ3) is 3.22. The summed E-state index contributed by atoms with van der Waals surface area (Å²) in [7, 11) is -3.21. The van der Waals surface area contributed by atoms with Gasteiger partial charge < -0.3 is 4.52 Å². The summed E-state index contributed by atoms with van der Waals surface area (Å²) < 4.78 is 22.6. The molecule has 4 heteroatoms. The van der Waals surface area contributed by atoms with E-state index in [0.29, 0.717) is 17.7 Å². The van der Waals surface area contributed by atoms with Crippen molar-refractivity contribution < 1.29 is 13.6 Å². The lowest BCUT2D eigenvalue weighted by atomic mass is 10.3. The Hall–Kier alpha value is -1.05. The van der Waals surface area contributed by atoms with E-state index in [-0.39, 0.29) is 0 Å². The molecule has 0 saturated heterocycles. The average Bonchev–Trinajstić information content (AvgIpc) is 2.19. The Morgan fingerprint density at radius 1 is 1.40 bits per heavy atom. The first kappa shape index (κ1) is 12.0. The van der Waals surface area contributed by atoms with Crippen molar-refractivity contribution in [3.8, 4) is 5.75 Å². The van der Waals surface area contributed by atoms with Crippen LogP contribution in [0.5, 0.6) is 5.75 Å². The Kier molecular flexibility index (Phi) is 4.13. The molecule has 1 rings (SSSR count). The third-order valence-corrected chi connectivity index (χ3v) is 3.72. The van der Waals surface area contributed by atoms with Crippen molar-refractivity contribution in [2.45, 2.75) is 13.8 Å². The minimum absolute atomic E-state index is 0.330. The zero-order valence-electron chi connectivity index (χ0n) is 8.97. The summed E-state index contributed by atoms with van der Waals surface area (Å²) in [6, 6.07) is 8.94. The smallest absolute Gasteiger partial charge is 0.405 e. The summed E-state index contributed by atoms with van der Waals surface area (Å²) in [4.78, 5) is 0. The van der Waals surface area contributed by atoms with Crippen LogP contribution in [0.4, 0.5) is 0 Å². The Morgan fingerprint density at radius 3 is 2.47 bits per heavy atom. The molecule has 0 heterocycles. The predicted octanol–water partition coefficient (Wildman–Crippen LogP) is 3.83. The second kappa shape index (κ2) is 5.15. The van der Waals surface area contributed by atoms with Crippen LogP contribution in [0.1, 0.15) is 13.8 Å². The van der Waals surface area contributed by atoms with E-state index in [1.807, 2.05) is 18.2 Å². The van der Waals surface area contributed by atoms with Gasteiger partial charge in [0.15, 0.2) is 0 Å². The minimum Gasteiger partial charge on any atom is -0.421 e. The summed E-state index contributed by atoms with van der Waals surface area (Å²) in [5, 5.41) is 0.410. The van der Waals surface area contributed by atoms with E-state index in [2.05, 4.69) is 6.58 Å². The van der Waals surface area contributed by atoms with Gasteiger partial charge in [-0.2, -0.15) is 0 Å². The topological polar surface area (TPSA) is 35.5 Å². The summed E-state index contributed by atoms with van der Waals surface area (Å²) in [5.74, 6) is 0.525. The van der Waals surface area contributed by atoms with Gasteiger partial charge in [-0.25, -0.2) is 4.57 Å². The highest BCUT2D eigenvalue weighted by Crippen LogP contribution is 2.54. The van der Waals surface area contributed by atoms with Crippen LogP contribution in [-0.2, 0) is 9.09 Å². The van der Waals surface area contributed by atoms with Gasteiger partial charge in [-0.3, -0.25) is 4.52 Å². The van der Waals surface area contributed by atoms with Gasteiger partial charge in [-0.1, -0.05) is 24.8 Å². The van der Waals surface area contributed by atoms with Crippen LogP contribution < -0.4 is 4.52 Å². The van der Waals surface area contributed by atoms with Gasteiger partial charge in [0.05, 0.1) is 6.61 Å².